The third-order valence-corrected chi connectivity index (χ3v) is 6.24. The maximum Gasteiger partial charge on any atom is 0.214 e. The Hall–Kier alpha value is -0.950. The second-order valence-electron chi connectivity index (χ2n) is 6.15. The van der Waals surface area contributed by atoms with E-state index in [9.17, 15) is 8.42 Å². The fraction of sp³-hybridized carbons (Fsp3) is 0.647. The van der Waals surface area contributed by atoms with Crippen LogP contribution in [0.3, 0.4) is 0 Å². The van der Waals surface area contributed by atoms with Gasteiger partial charge in [-0.1, -0.05) is 49.1 Å². The van der Waals surface area contributed by atoms with Crippen LogP contribution in [0.5, 0.6) is 0 Å². The molecule has 1 fully saturated rings. The molecular formula is C17H27NO4S. The second kappa shape index (κ2) is 8.78. The van der Waals surface area contributed by atoms with Gasteiger partial charge in [0, 0.05) is 6.54 Å². The molecule has 2 N–H and O–H groups in total. The fourth-order valence-electron chi connectivity index (χ4n) is 2.93. The van der Waals surface area contributed by atoms with E-state index in [4.69, 9.17) is 9.84 Å². The van der Waals surface area contributed by atoms with Crippen molar-refractivity contribution in [2.75, 3.05) is 19.8 Å². The fourth-order valence-corrected chi connectivity index (χ4v) is 4.51. The van der Waals surface area contributed by atoms with Crippen LogP contribution in [0.4, 0.5) is 0 Å². The predicted molar refractivity (Wildman–Crippen MR) is 90.8 cm³/mol. The number of aryl methyl sites for hydroxylation is 1. The standard InChI is InChI=1S/C17H27NO4S/c1-14-7-9-15(10-8-14)17(22-12-11-19)13-18-23(20,21)16-5-3-2-4-6-16/h7-10,16-19H,2-6,11-13H2,1H3. The van der Waals surface area contributed by atoms with Crippen molar-refractivity contribution in [1.29, 1.82) is 0 Å². The molecule has 1 atom stereocenters. The molecule has 1 aliphatic rings. The monoisotopic (exact) mass is 341 g/mol. The molecule has 6 heteroatoms. The highest BCUT2D eigenvalue weighted by Crippen LogP contribution is 2.24. The Morgan fingerprint density at radius 2 is 1.87 bits per heavy atom. The molecule has 0 heterocycles. The normalized spacial score (nSPS) is 18.0. The summed E-state index contributed by atoms with van der Waals surface area (Å²) in [6.45, 7) is 2.29. The summed E-state index contributed by atoms with van der Waals surface area (Å²) in [5.74, 6) is 0. The predicted octanol–water partition coefficient (Wildman–Crippen LogP) is 2.30. The van der Waals surface area contributed by atoms with E-state index < -0.39 is 10.0 Å². The molecule has 5 nitrogen and oxygen atoms in total. The highest BCUT2D eigenvalue weighted by Gasteiger charge is 2.28. The second-order valence-corrected chi connectivity index (χ2v) is 8.19. The summed E-state index contributed by atoms with van der Waals surface area (Å²) in [6.07, 6.45) is 4.17. The summed E-state index contributed by atoms with van der Waals surface area (Å²) in [5.41, 5.74) is 2.05. The van der Waals surface area contributed by atoms with Crippen molar-refractivity contribution in [3.8, 4) is 0 Å². The average Bonchev–Trinajstić information content (AvgIpc) is 2.57. The molecule has 0 radical (unpaired) electrons. The molecule has 0 saturated heterocycles. The maximum absolute atomic E-state index is 12.4. The Bertz CT molecular complexity index is 565. The van der Waals surface area contributed by atoms with Gasteiger partial charge in [0.05, 0.1) is 24.6 Å². The number of sulfonamides is 1. The van der Waals surface area contributed by atoms with Gasteiger partial charge in [-0.15, -0.1) is 0 Å². The van der Waals surface area contributed by atoms with Crippen molar-refractivity contribution in [2.24, 2.45) is 0 Å². The molecule has 0 spiro atoms. The van der Waals surface area contributed by atoms with Crippen LogP contribution in [0, 0.1) is 6.92 Å². The lowest BCUT2D eigenvalue weighted by Gasteiger charge is -2.24. The summed E-state index contributed by atoms with van der Waals surface area (Å²) in [5, 5.41) is 8.69. The van der Waals surface area contributed by atoms with Crippen LogP contribution in [0.2, 0.25) is 0 Å². The molecule has 1 saturated carbocycles. The molecular weight excluding hydrogens is 314 g/mol. The number of rotatable bonds is 8. The zero-order valence-corrected chi connectivity index (χ0v) is 14.5. The van der Waals surface area contributed by atoms with Crippen LogP contribution in [-0.4, -0.2) is 38.5 Å². The highest BCUT2D eigenvalue weighted by atomic mass is 32.2. The lowest BCUT2D eigenvalue weighted by Crippen LogP contribution is -2.38. The molecule has 23 heavy (non-hydrogen) atoms. The van der Waals surface area contributed by atoms with Gasteiger partial charge in [0.15, 0.2) is 0 Å². The van der Waals surface area contributed by atoms with E-state index in [1.54, 1.807) is 0 Å². The van der Waals surface area contributed by atoms with E-state index in [-0.39, 0.29) is 31.1 Å². The number of aliphatic hydroxyl groups excluding tert-OH is 1. The minimum absolute atomic E-state index is 0.0856. The number of benzene rings is 1. The molecule has 1 unspecified atom stereocenters. The van der Waals surface area contributed by atoms with E-state index in [1.807, 2.05) is 31.2 Å². The molecule has 130 valence electrons. The van der Waals surface area contributed by atoms with Crippen molar-refractivity contribution in [3.63, 3.8) is 0 Å². The number of ether oxygens (including phenoxy) is 1. The lowest BCUT2D eigenvalue weighted by molar-refractivity contribution is 0.0308. The van der Waals surface area contributed by atoms with Crippen LogP contribution >= 0.6 is 0 Å². The summed E-state index contributed by atoms with van der Waals surface area (Å²) in [4.78, 5) is 0. The van der Waals surface area contributed by atoms with Crippen LogP contribution in [0.15, 0.2) is 24.3 Å². The highest BCUT2D eigenvalue weighted by molar-refractivity contribution is 7.90. The van der Waals surface area contributed by atoms with Gasteiger partial charge in [-0.25, -0.2) is 13.1 Å². The van der Waals surface area contributed by atoms with Gasteiger partial charge in [-0.2, -0.15) is 0 Å². The molecule has 1 aromatic rings. The number of nitrogens with one attached hydrogen (secondary N) is 1. The molecule has 1 aromatic carbocycles. The van der Waals surface area contributed by atoms with E-state index in [0.717, 1.165) is 43.2 Å². The molecule has 0 bridgehead atoms. The first-order valence-corrected chi connectivity index (χ1v) is 9.85. The van der Waals surface area contributed by atoms with Crippen molar-refractivity contribution in [3.05, 3.63) is 35.4 Å². The molecule has 0 amide bonds. The lowest BCUT2D eigenvalue weighted by atomic mass is 10.0. The maximum atomic E-state index is 12.4. The van der Waals surface area contributed by atoms with Gasteiger partial charge in [0.1, 0.15) is 0 Å². The zero-order valence-electron chi connectivity index (χ0n) is 13.7. The molecule has 0 aliphatic heterocycles. The third kappa shape index (κ3) is 5.57. The van der Waals surface area contributed by atoms with E-state index in [2.05, 4.69) is 4.72 Å². The Morgan fingerprint density at radius 3 is 2.48 bits per heavy atom. The van der Waals surface area contributed by atoms with Crippen LogP contribution in [-0.2, 0) is 14.8 Å². The van der Waals surface area contributed by atoms with Crippen LogP contribution in [0.25, 0.3) is 0 Å². The van der Waals surface area contributed by atoms with Crippen molar-refractivity contribution < 1.29 is 18.3 Å². The van der Waals surface area contributed by atoms with E-state index in [0.29, 0.717) is 0 Å². The largest absolute Gasteiger partial charge is 0.394 e. The van der Waals surface area contributed by atoms with E-state index >= 15 is 0 Å². The average molecular weight is 341 g/mol. The summed E-state index contributed by atoms with van der Waals surface area (Å²) < 4.78 is 33.2. The number of hydrogen-bond donors (Lipinski definition) is 2. The Kier molecular flexibility index (Phi) is 7.02. The first-order chi connectivity index (χ1) is 11.0. The quantitative estimate of drug-likeness (QED) is 0.761. The van der Waals surface area contributed by atoms with Gasteiger partial charge >= 0.3 is 0 Å². The summed E-state index contributed by atoms with van der Waals surface area (Å²) in [7, 11) is -3.31. The zero-order chi connectivity index (χ0) is 16.7. The van der Waals surface area contributed by atoms with Gasteiger partial charge in [-0.3, -0.25) is 0 Å². The summed E-state index contributed by atoms with van der Waals surface area (Å²) in [6, 6.07) is 7.82. The van der Waals surface area contributed by atoms with Crippen molar-refractivity contribution in [1.82, 2.24) is 4.72 Å². The topological polar surface area (TPSA) is 75.6 Å². The number of aliphatic hydroxyl groups is 1. The molecule has 0 aromatic heterocycles. The summed E-state index contributed by atoms with van der Waals surface area (Å²) >= 11 is 0. The Balaban J connectivity index is 2.00. The first-order valence-electron chi connectivity index (χ1n) is 8.30. The molecule has 2 rings (SSSR count). The van der Waals surface area contributed by atoms with Gasteiger partial charge < -0.3 is 9.84 Å². The first kappa shape index (κ1) is 18.4. The number of hydrogen-bond acceptors (Lipinski definition) is 4. The smallest absolute Gasteiger partial charge is 0.214 e. The molecule has 1 aliphatic carbocycles. The third-order valence-electron chi connectivity index (χ3n) is 4.32. The van der Waals surface area contributed by atoms with Gasteiger partial charge in [-0.05, 0) is 25.3 Å². The van der Waals surface area contributed by atoms with Crippen LogP contribution in [0.1, 0.15) is 49.3 Å². The van der Waals surface area contributed by atoms with Gasteiger partial charge in [0.2, 0.25) is 10.0 Å². The van der Waals surface area contributed by atoms with Crippen molar-refractivity contribution in [2.45, 2.75) is 50.4 Å². The minimum atomic E-state index is -3.31. The SMILES string of the molecule is Cc1ccc(C(CNS(=O)(=O)C2CCCCC2)OCCO)cc1. The van der Waals surface area contributed by atoms with E-state index in [1.165, 1.54) is 0 Å². The van der Waals surface area contributed by atoms with Crippen molar-refractivity contribution >= 4 is 10.0 Å². The van der Waals surface area contributed by atoms with Crippen LogP contribution < -0.4 is 4.72 Å². The minimum Gasteiger partial charge on any atom is -0.394 e. The van der Waals surface area contributed by atoms with Gasteiger partial charge in [0.25, 0.3) is 0 Å². The Labute approximate surface area is 139 Å². The Morgan fingerprint density at radius 1 is 1.22 bits per heavy atom.